The Bertz CT molecular complexity index is 1300. The number of rotatable bonds is 17. The molecule has 7 nitrogen and oxygen atoms in total. The van der Waals surface area contributed by atoms with Crippen LogP contribution in [-0.2, 0) is 0 Å². The molecule has 0 spiro atoms. The van der Waals surface area contributed by atoms with Crippen molar-refractivity contribution in [3.05, 3.63) is 64.0 Å². The van der Waals surface area contributed by atoms with E-state index >= 15 is 4.39 Å². The first-order valence-electron chi connectivity index (χ1n) is 14.7. The zero-order valence-corrected chi connectivity index (χ0v) is 23.9. The van der Waals surface area contributed by atoms with Crippen molar-refractivity contribution in [3.8, 4) is 11.5 Å². The van der Waals surface area contributed by atoms with Gasteiger partial charge in [-0.15, -0.1) is 0 Å². The number of unbranched alkanes of at least 4 members (excludes halogenated alkanes) is 11. The molecule has 1 aliphatic rings. The van der Waals surface area contributed by atoms with Crippen LogP contribution in [0.25, 0.3) is 0 Å². The molecule has 0 fully saturated rings. The Balaban J connectivity index is 1.64. The highest BCUT2D eigenvalue weighted by molar-refractivity contribution is 6.32. The van der Waals surface area contributed by atoms with Crippen molar-refractivity contribution in [2.45, 2.75) is 96.1 Å². The van der Waals surface area contributed by atoms with Gasteiger partial charge in [-0.05, 0) is 25.0 Å². The van der Waals surface area contributed by atoms with E-state index in [0.29, 0.717) is 6.42 Å². The average Bonchev–Trinajstić information content (AvgIpc) is 2.97. The van der Waals surface area contributed by atoms with Gasteiger partial charge in [-0.3, -0.25) is 9.59 Å². The number of benzene rings is 2. The van der Waals surface area contributed by atoms with Crippen molar-refractivity contribution >= 4 is 17.3 Å². The van der Waals surface area contributed by atoms with Crippen LogP contribution in [0.4, 0.5) is 18.9 Å². The van der Waals surface area contributed by atoms with Gasteiger partial charge in [-0.1, -0.05) is 83.3 Å². The third-order valence-corrected chi connectivity index (χ3v) is 7.64. The quantitative estimate of drug-likeness (QED) is 0.0513. The number of aromatic hydroxyl groups is 2. The van der Waals surface area contributed by atoms with Crippen molar-refractivity contribution in [2.75, 3.05) is 11.9 Å². The van der Waals surface area contributed by atoms with E-state index in [2.05, 4.69) is 12.2 Å². The molecule has 42 heavy (non-hydrogen) atoms. The lowest BCUT2D eigenvalue weighted by molar-refractivity contribution is 0.0969. The highest BCUT2D eigenvalue weighted by atomic mass is 19.2. The first-order chi connectivity index (χ1) is 20.1. The van der Waals surface area contributed by atoms with Gasteiger partial charge in [0, 0.05) is 0 Å². The number of anilines is 1. The van der Waals surface area contributed by atoms with E-state index in [1.807, 2.05) is 0 Å². The minimum atomic E-state index is -2.06. The summed E-state index contributed by atoms with van der Waals surface area (Å²) < 4.78 is 44.4. The van der Waals surface area contributed by atoms with Crippen molar-refractivity contribution < 1.29 is 43.2 Å². The van der Waals surface area contributed by atoms with E-state index in [-0.39, 0.29) is 0 Å². The van der Waals surface area contributed by atoms with E-state index in [4.69, 9.17) is 0 Å². The molecule has 0 aromatic heterocycles. The zero-order valence-electron chi connectivity index (χ0n) is 23.9. The lowest BCUT2D eigenvalue weighted by atomic mass is 9.81. The lowest BCUT2D eigenvalue weighted by Gasteiger charge is -2.27. The first kappa shape index (κ1) is 33.1. The number of aliphatic hydroxyl groups excluding tert-OH is 2. The van der Waals surface area contributed by atoms with E-state index in [1.165, 1.54) is 57.4 Å². The molecule has 5 N–H and O–H groups in total. The molecule has 2 atom stereocenters. The summed E-state index contributed by atoms with van der Waals surface area (Å²) in [5.41, 5.74) is -4.44. The zero-order chi connectivity index (χ0) is 30.8. The second-order valence-corrected chi connectivity index (χ2v) is 10.8. The van der Waals surface area contributed by atoms with Gasteiger partial charge in [0.25, 0.3) is 0 Å². The minimum absolute atomic E-state index is 0.647. The Labute approximate surface area is 244 Å². The molecule has 0 amide bonds. The number of halogens is 3. The van der Waals surface area contributed by atoms with Gasteiger partial charge in [0.2, 0.25) is 11.6 Å². The Kier molecular flexibility index (Phi) is 12.4. The Morgan fingerprint density at radius 2 is 1.24 bits per heavy atom. The van der Waals surface area contributed by atoms with Crippen molar-refractivity contribution in [1.82, 2.24) is 0 Å². The van der Waals surface area contributed by atoms with Crippen LogP contribution in [0.5, 0.6) is 11.5 Å². The Hall–Kier alpha value is -3.37. The summed E-state index contributed by atoms with van der Waals surface area (Å²) in [5, 5.41) is 43.1. The fraction of sp³-hybridized carbons (Fsp3) is 0.500. The fourth-order valence-electron chi connectivity index (χ4n) is 5.25. The summed E-state index contributed by atoms with van der Waals surface area (Å²) in [6, 6.07) is 0.473. The molecule has 0 radical (unpaired) electrons. The van der Waals surface area contributed by atoms with Gasteiger partial charge in [0.1, 0.15) is 11.5 Å². The second kappa shape index (κ2) is 15.7. The molecule has 0 saturated carbocycles. The summed E-state index contributed by atoms with van der Waals surface area (Å²) in [7, 11) is 0. The topological polar surface area (TPSA) is 127 Å². The van der Waals surface area contributed by atoms with Crippen LogP contribution in [-0.4, -0.2) is 50.7 Å². The summed E-state index contributed by atoms with van der Waals surface area (Å²) in [5.74, 6) is -9.89. The molecule has 0 aliphatic heterocycles. The third-order valence-electron chi connectivity index (χ3n) is 7.64. The molecule has 0 heterocycles. The van der Waals surface area contributed by atoms with Crippen LogP contribution < -0.4 is 5.32 Å². The highest BCUT2D eigenvalue weighted by Gasteiger charge is 2.42. The second-order valence-electron chi connectivity index (χ2n) is 10.8. The predicted octanol–water partition coefficient (Wildman–Crippen LogP) is 6.68. The average molecular weight is 592 g/mol. The van der Waals surface area contributed by atoms with E-state index in [0.717, 1.165) is 31.4 Å². The number of nitrogens with one attached hydrogen (secondary N) is 1. The van der Waals surface area contributed by atoms with Gasteiger partial charge in [-0.2, -0.15) is 0 Å². The number of hydrogen-bond donors (Lipinski definition) is 5. The molecule has 2 aromatic carbocycles. The summed E-state index contributed by atoms with van der Waals surface area (Å²) in [4.78, 5) is 26.3. The van der Waals surface area contributed by atoms with Crippen LogP contribution in [0.2, 0.25) is 0 Å². The molecule has 0 bridgehead atoms. The molecule has 2 aromatic rings. The van der Waals surface area contributed by atoms with E-state index < -0.39 is 87.2 Å². The number of allylic oxidation sites excluding steroid dienone is 1. The van der Waals surface area contributed by atoms with Gasteiger partial charge in [-0.25, -0.2) is 13.2 Å². The molecular weight excluding hydrogens is 551 g/mol. The molecule has 3 rings (SSSR count). The largest absolute Gasteiger partial charge is 0.507 e. The number of phenolic OH excluding ortho intramolecular Hbond substituents is 2. The van der Waals surface area contributed by atoms with Crippen LogP contribution in [0.3, 0.4) is 0 Å². The van der Waals surface area contributed by atoms with E-state index in [1.54, 1.807) is 6.08 Å². The molecule has 2 unspecified atom stereocenters. The fourth-order valence-corrected chi connectivity index (χ4v) is 5.25. The number of aliphatic hydroxyl groups is 2. The normalized spacial score (nSPS) is 14.2. The summed E-state index contributed by atoms with van der Waals surface area (Å²) in [6.45, 7) is 1.41. The van der Waals surface area contributed by atoms with Gasteiger partial charge < -0.3 is 25.7 Å². The van der Waals surface area contributed by atoms with Crippen molar-refractivity contribution in [3.63, 3.8) is 0 Å². The number of phenols is 2. The van der Waals surface area contributed by atoms with Gasteiger partial charge in [0.15, 0.2) is 17.5 Å². The number of ketones is 2. The predicted molar refractivity (Wildman–Crippen MR) is 154 cm³/mol. The summed E-state index contributed by atoms with van der Waals surface area (Å²) in [6.07, 6.45) is 15.4. The standard InChI is InChI=1S/C32H40F3NO6/c1-2-3-4-5-6-7-8-9-10-11-12-13-14-15-20(38)19(18-37)36-30-26-25(27(33)28(34)29(30)35)31(41)23-21(39)16-17-22(40)24(23)32(26)42/h14-17,19-20,36-40H,2-13,18H2,1H3/b15-14-. The SMILES string of the molecule is CCCCCCCCCCCCC/C=C\C(O)C(CO)Nc1c(F)c(F)c(F)c2c1C(=O)c1c(O)ccc(O)c1C2=O. The molecule has 1 aliphatic carbocycles. The molecule has 230 valence electrons. The molecule has 10 heteroatoms. The van der Waals surface area contributed by atoms with Gasteiger partial charge >= 0.3 is 0 Å². The maximum atomic E-state index is 15.0. The summed E-state index contributed by atoms with van der Waals surface area (Å²) >= 11 is 0. The minimum Gasteiger partial charge on any atom is -0.507 e. The van der Waals surface area contributed by atoms with Crippen molar-refractivity contribution in [1.29, 1.82) is 0 Å². The first-order valence-corrected chi connectivity index (χ1v) is 14.7. The Morgan fingerprint density at radius 1 is 0.738 bits per heavy atom. The monoisotopic (exact) mass is 591 g/mol. The number of hydrogen-bond acceptors (Lipinski definition) is 7. The van der Waals surface area contributed by atoms with Crippen molar-refractivity contribution in [2.24, 2.45) is 0 Å². The van der Waals surface area contributed by atoms with E-state index in [9.17, 15) is 38.8 Å². The van der Waals surface area contributed by atoms with Gasteiger partial charge in [0.05, 0.1) is 46.7 Å². The molecule has 0 saturated heterocycles. The number of carbonyl (C=O) groups is 2. The Morgan fingerprint density at radius 3 is 1.76 bits per heavy atom. The maximum Gasteiger partial charge on any atom is 0.201 e. The molecular formula is C32H40F3NO6. The maximum absolute atomic E-state index is 15.0. The third kappa shape index (κ3) is 7.52. The van der Waals surface area contributed by atoms with Crippen LogP contribution in [0, 0.1) is 17.5 Å². The van der Waals surface area contributed by atoms with Crippen LogP contribution >= 0.6 is 0 Å². The highest BCUT2D eigenvalue weighted by Crippen LogP contribution is 2.42. The van der Waals surface area contributed by atoms with Crippen LogP contribution in [0.1, 0.15) is 116 Å². The smallest absolute Gasteiger partial charge is 0.201 e. The number of fused-ring (bicyclic) bond motifs is 2. The number of carbonyl (C=O) groups excluding carboxylic acids is 2. The lowest BCUT2D eigenvalue weighted by Crippen LogP contribution is -2.37. The van der Waals surface area contributed by atoms with Crippen LogP contribution in [0.15, 0.2) is 24.3 Å².